The van der Waals surface area contributed by atoms with E-state index in [1.807, 2.05) is 42.5 Å². The van der Waals surface area contributed by atoms with Crippen LogP contribution >= 0.6 is 0 Å². The van der Waals surface area contributed by atoms with Gasteiger partial charge in [-0.1, -0.05) is 84.0 Å². The fourth-order valence-electron chi connectivity index (χ4n) is 2.99. The number of aryl methyl sites for hydroxylation is 1. The minimum atomic E-state index is -0.400. The van der Waals surface area contributed by atoms with Crippen molar-refractivity contribution in [3.8, 4) is 5.75 Å². The number of amides is 2. The van der Waals surface area contributed by atoms with Gasteiger partial charge in [0.25, 0.3) is 5.91 Å². The van der Waals surface area contributed by atoms with Crippen LogP contribution < -0.4 is 15.6 Å². The largest absolute Gasteiger partial charge is 0.483 e. The van der Waals surface area contributed by atoms with Crippen LogP contribution in [-0.4, -0.2) is 18.4 Å². The van der Waals surface area contributed by atoms with Gasteiger partial charge in [0.1, 0.15) is 5.75 Å². The van der Waals surface area contributed by atoms with Crippen LogP contribution in [0.3, 0.4) is 0 Å². The lowest BCUT2D eigenvalue weighted by Crippen LogP contribution is -2.44. The van der Waals surface area contributed by atoms with E-state index in [0.29, 0.717) is 18.6 Å². The minimum Gasteiger partial charge on any atom is -0.483 e. The van der Waals surface area contributed by atoms with Gasteiger partial charge in [0.05, 0.1) is 0 Å². The molecule has 2 amide bonds. The van der Waals surface area contributed by atoms with E-state index in [1.165, 1.54) is 5.56 Å². The first-order valence-electron chi connectivity index (χ1n) is 10.4. The topological polar surface area (TPSA) is 67.4 Å². The molecule has 0 spiro atoms. The molecule has 2 N–H and O–H groups in total. The number of hydrogen-bond donors (Lipinski definition) is 2. The predicted molar refractivity (Wildman–Crippen MR) is 120 cm³/mol. The number of carbonyl (C=O) groups is 2. The molecule has 5 nitrogen and oxygen atoms in total. The summed E-state index contributed by atoms with van der Waals surface area (Å²) in [5.74, 6) is 0.0426. The highest BCUT2D eigenvalue weighted by atomic mass is 16.5. The van der Waals surface area contributed by atoms with Crippen molar-refractivity contribution in [3.05, 3.63) is 65.2 Å². The van der Waals surface area contributed by atoms with Crippen molar-refractivity contribution in [2.45, 2.75) is 65.2 Å². The molecule has 5 heteroatoms. The minimum absolute atomic E-state index is 0.0277. The third kappa shape index (κ3) is 7.21. The van der Waals surface area contributed by atoms with E-state index < -0.39 is 5.91 Å². The van der Waals surface area contributed by atoms with Crippen LogP contribution in [0, 0.1) is 0 Å². The number of carbonyl (C=O) groups excluding carboxylic acids is 2. The molecular weight excluding hydrogens is 376 g/mol. The van der Waals surface area contributed by atoms with Crippen molar-refractivity contribution < 1.29 is 14.3 Å². The first-order valence-corrected chi connectivity index (χ1v) is 10.4. The summed E-state index contributed by atoms with van der Waals surface area (Å²) in [5.41, 5.74) is 8.11. The Hall–Kier alpha value is -2.82. The summed E-state index contributed by atoms with van der Waals surface area (Å²) < 4.78 is 5.79. The summed E-state index contributed by atoms with van der Waals surface area (Å²) in [5, 5.41) is 0. The molecule has 0 aliphatic heterocycles. The van der Waals surface area contributed by atoms with E-state index in [9.17, 15) is 9.59 Å². The molecule has 2 aromatic rings. The molecule has 2 rings (SSSR count). The molecule has 0 saturated carbocycles. The third-order valence-electron chi connectivity index (χ3n) is 4.84. The lowest BCUT2D eigenvalue weighted by molar-refractivity contribution is -0.130. The molecule has 0 bridgehead atoms. The Morgan fingerprint density at radius 2 is 1.47 bits per heavy atom. The molecule has 0 aliphatic rings. The Labute approximate surface area is 180 Å². The van der Waals surface area contributed by atoms with E-state index in [1.54, 1.807) is 0 Å². The van der Waals surface area contributed by atoms with Gasteiger partial charge in [0.2, 0.25) is 5.91 Å². The van der Waals surface area contributed by atoms with Gasteiger partial charge in [-0.25, -0.2) is 0 Å². The second-order valence-electron chi connectivity index (χ2n) is 9.58. The molecule has 162 valence electrons. The Bertz CT molecular complexity index is 862. The zero-order valence-electron chi connectivity index (χ0n) is 19.0. The summed E-state index contributed by atoms with van der Waals surface area (Å²) >= 11 is 0. The molecule has 0 atom stereocenters. The Kier molecular flexibility index (Phi) is 7.65. The fraction of sp³-hybridized carbons (Fsp3) is 0.440. The smallest absolute Gasteiger partial charge is 0.276 e. The molecule has 0 aliphatic carbocycles. The number of benzene rings is 2. The van der Waals surface area contributed by atoms with Gasteiger partial charge in [0, 0.05) is 6.42 Å². The standard InChI is InChI=1S/C25H34N2O3/c1-24(2,3)19-13-14-21(20(16-19)25(4,5)6)30-17-23(29)27-26-22(28)15-12-18-10-8-7-9-11-18/h7-11,13-14,16H,12,15,17H2,1-6H3,(H,26,28)(H,27,29). The van der Waals surface area contributed by atoms with Crippen LogP contribution in [0.25, 0.3) is 0 Å². The first-order chi connectivity index (χ1) is 14.0. The number of hydrogen-bond acceptors (Lipinski definition) is 3. The monoisotopic (exact) mass is 410 g/mol. The van der Waals surface area contributed by atoms with Crippen molar-refractivity contribution in [1.29, 1.82) is 0 Å². The maximum atomic E-state index is 12.1. The summed E-state index contributed by atoms with van der Waals surface area (Å²) in [6.07, 6.45) is 0.918. The van der Waals surface area contributed by atoms with E-state index in [2.05, 4.69) is 58.5 Å². The SMILES string of the molecule is CC(C)(C)c1ccc(OCC(=O)NNC(=O)CCc2ccccc2)c(C(C)(C)C)c1. The highest BCUT2D eigenvalue weighted by Crippen LogP contribution is 2.35. The van der Waals surface area contributed by atoms with E-state index in [0.717, 1.165) is 11.1 Å². The van der Waals surface area contributed by atoms with Crippen molar-refractivity contribution in [2.24, 2.45) is 0 Å². The van der Waals surface area contributed by atoms with Gasteiger partial charge in [-0.3, -0.25) is 20.4 Å². The van der Waals surface area contributed by atoms with E-state index in [4.69, 9.17) is 4.74 Å². The average Bonchev–Trinajstić information content (AvgIpc) is 2.68. The van der Waals surface area contributed by atoms with Gasteiger partial charge in [-0.15, -0.1) is 0 Å². The lowest BCUT2D eigenvalue weighted by Gasteiger charge is -2.27. The highest BCUT2D eigenvalue weighted by molar-refractivity contribution is 5.82. The normalized spacial score (nSPS) is 11.7. The van der Waals surface area contributed by atoms with Crippen molar-refractivity contribution in [3.63, 3.8) is 0 Å². The summed E-state index contributed by atoms with van der Waals surface area (Å²) in [7, 11) is 0. The molecule has 0 heterocycles. The average molecular weight is 411 g/mol. The Morgan fingerprint density at radius 3 is 2.07 bits per heavy atom. The fourth-order valence-corrected chi connectivity index (χ4v) is 2.99. The molecular formula is C25H34N2O3. The number of ether oxygens (including phenoxy) is 1. The van der Waals surface area contributed by atoms with Gasteiger partial charge in [-0.2, -0.15) is 0 Å². The number of hydrazine groups is 1. The van der Waals surface area contributed by atoms with Crippen molar-refractivity contribution in [1.82, 2.24) is 10.9 Å². The molecule has 2 aromatic carbocycles. The summed E-state index contributed by atoms with van der Waals surface area (Å²) in [6, 6.07) is 15.9. The molecule has 0 unspecified atom stereocenters. The van der Waals surface area contributed by atoms with Crippen LogP contribution in [0.1, 0.15) is 64.7 Å². The molecule has 0 fully saturated rings. The second-order valence-corrected chi connectivity index (χ2v) is 9.58. The Balaban J connectivity index is 1.88. The summed E-state index contributed by atoms with van der Waals surface area (Å²) in [6.45, 7) is 12.7. The van der Waals surface area contributed by atoms with Crippen LogP contribution in [0.2, 0.25) is 0 Å². The molecule has 0 saturated heterocycles. The van der Waals surface area contributed by atoms with Gasteiger partial charge in [-0.05, 0) is 40.0 Å². The molecule has 0 radical (unpaired) electrons. The van der Waals surface area contributed by atoms with Crippen LogP contribution in [-0.2, 0) is 26.8 Å². The number of nitrogens with one attached hydrogen (secondary N) is 2. The van der Waals surface area contributed by atoms with Crippen LogP contribution in [0.5, 0.6) is 5.75 Å². The van der Waals surface area contributed by atoms with E-state index >= 15 is 0 Å². The third-order valence-corrected chi connectivity index (χ3v) is 4.84. The van der Waals surface area contributed by atoms with E-state index in [-0.39, 0.29) is 23.3 Å². The summed E-state index contributed by atoms with van der Waals surface area (Å²) in [4.78, 5) is 24.1. The quantitative estimate of drug-likeness (QED) is 0.692. The predicted octanol–water partition coefficient (Wildman–Crippen LogP) is 4.44. The van der Waals surface area contributed by atoms with Crippen LogP contribution in [0.4, 0.5) is 0 Å². The molecule has 0 aromatic heterocycles. The lowest BCUT2D eigenvalue weighted by atomic mass is 9.80. The second kappa shape index (κ2) is 9.79. The maximum absolute atomic E-state index is 12.1. The van der Waals surface area contributed by atoms with Gasteiger partial charge < -0.3 is 4.74 Å². The van der Waals surface area contributed by atoms with Crippen LogP contribution in [0.15, 0.2) is 48.5 Å². The number of rotatable bonds is 6. The zero-order valence-corrected chi connectivity index (χ0v) is 19.0. The first kappa shape index (κ1) is 23.5. The van der Waals surface area contributed by atoms with Gasteiger partial charge >= 0.3 is 0 Å². The van der Waals surface area contributed by atoms with Crippen molar-refractivity contribution in [2.75, 3.05) is 6.61 Å². The molecule has 30 heavy (non-hydrogen) atoms. The maximum Gasteiger partial charge on any atom is 0.276 e. The zero-order chi connectivity index (χ0) is 22.4. The van der Waals surface area contributed by atoms with Crippen molar-refractivity contribution >= 4 is 11.8 Å². The Morgan fingerprint density at radius 1 is 0.833 bits per heavy atom. The van der Waals surface area contributed by atoms with Gasteiger partial charge in [0.15, 0.2) is 6.61 Å². The highest BCUT2D eigenvalue weighted by Gasteiger charge is 2.23.